The van der Waals surface area contributed by atoms with Crippen molar-refractivity contribution in [2.75, 3.05) is 32.8 Å². The van der Waals surface area contributed by atoms with Crippen LogP contribution in [0.2, 0.25) is 0 Å². The third-order valence-electron chi connectivity index (χ3n) is 3.55. The van der Waals surface area contributed by atoms with Crippen LogP contribution in [0.1, 0.15) is 19.6 Å². The molecule has 0 atom stereocenters. The third-order valence-corrected chi connectivity index (χ3v) is 3.55. The van der Waals surface area contributed by atoms with Crippen molar-refractivity contribution in [1.29, 1.82) is 0 Å². The molecular weight excluding hydrogens is 258 g/mol. The number of nitrogens with zero attached hydrogens (tertiary/aromatic N) is 1. The molecule has 1 aromatic rings. The van der Waals surface area contributed by atoms with Crippen molar-refractivity contribution in [3.05, 3.63) is 24.2 Å². The maximum Gasteiger partial charge on any atom is 0.315 e. The van der Waals surface area contributed by atoms with Crippen molar-refractivity contribution in [2.45, 2.75) is 25.9 Å². The predicted molar refractivity (Wildman–Crippen MR) is 75.4 cm³/mol. The minimum absolute atomic E-state index is 0.0776. The Morgan fingerprint density at radius 2 is 2.10 bits per heavy atom. The van der Waals surface area contributed by atoms with Gasteiger partial charge in [0.25, 0.3) is 0 Å². The summed E-state index contributed by atoms with van der Waals surface area (Å²) in [5.41, 5.74) is -0.0776. The Morgan fingerprint density at radius 1 is 1.35 bits per heavy atom. The van der Waals surface area contributed by atoms with E-state index < -0.39 is 0 Å². The lowest BCUT2D eigenvalue weighted by molar-refractivity contribution is -0.00875. The highest BCUT2D eigenvalue weighted by Crippen LogP contribution is 2.14. The highest BCUT2D eigenvalue weighted by Gasteiger charge is 2.28. The fourth-order valence-corrected chi connectivity index (χ4v) is 2.22. The second kappa shape index (κ2) is 6.76. The molecule has 1 fully saturated rings. The number of hydrogen-bond donors (Lipinski definition) is 2. The molecule has 6 nitrogen and oxygen atoms in total. The van der Waals surface area contributed by atoms with Gasteiger partial charge in [0.1, 0.15) is 5.76 Å². The van der Waals surface area contributed by atoms with Crippen LogP contribution >= 0.6 is 0 Å². The lowest BCUT2D eigenvalue weighted by Crippen LogP contribution is -2.56. The van der Waals surface area contributed by atoms with E-state index in [4.69, 9.17) is 9.15 Å². The molecule has 1 aliphatic heterocycles. The molecule has 0 saturated carbocycles. The summed E-state index contributed by atoms with van der Waals surface area (Å²) < 4.78 is 10.5. The first kappa shape index (κ1) is 14.9. The molecule has 1 aliphatic rings. The number of nitrogens with one attached hydrogen (secondary N) is 2. The summed E-state index contributed by atoms with van der Waals surface area (Å²) in [5, 5.41) is 5.68. The van der Waals surface area contributed by atoms with Crippen molar-refractivity contribution in [1.82, 2.24) is 15.5 Å². The maximum absolute atomic E-state index is 11.8. The molecule has 6 heteroatoms. The standard InChI is InChI=1S/C14H23N3O3/c1-14(2,17-5-8-19-9-6-17)11-16-13(18)15-10-12-4-3-7-20-12/h3-4,7H,5-6,8-11H2,1-2H3,(H2,15,16,18). The largest absolute Gasteiger partial charge is 0.467 e. The normalized spacial score (nSPS) is 16.9. The highest BCUT2D eigenvalue weighted by molar-refractivity contribution is 5.73. The molecule has 0 radical (unpaired) electrons. The molecule has 2 amide bonds. The molecule has 20 heavy (non-hydrogen) atoms. The molecule has 0 aromatic carbocycles. The topological polar surface area (TPSA) is 66.7 Å². The summed E-state index contributed by atoms with van der Waals surface area (Å²) in [5.74, 6) is 0.743. The van der Waals surface area contributed by atoms with Crippen molar-refractivity contribution < 1.29 is 13.9 Å². The number of amides is 2. The van der Waals surface area contributed by atoms with Crippen molar-refractivity contribution in [2.24, 2.45) is 0 Å². The van der Waals surface area contributed by atoms with Gasteiger partial charge >= 0.3 is 6.03 Å². The summed E-state index contributed by atoms with van der Waals surface area (Å²) in [7, 11) is 0. The number of morpholine rings is 1. The van der Waals surface area contributed by atoms with Gasteiger partial charge in [-0.25, -0.2) is 4.79 Å². The van der Waals surface area contributed by atoms with Crippen LogP contribution in [0.4, 0.5) is 4.79 Å². The van der Waals surface area contributed by atoms with Gasteiger partial charge in [0, 0.05) is 25.2 Å². The zero-order valence-electron chi connectivity index (χ0n) is 12.1. The lowest BCUT2D eigenvalue weighted by Gasteiger charge is -2.40. The Labute approximate surface area is 119 Å². The Morgan fingerprint density at radius 3 is 2.75 bits per heavy atom. The molecule has 2 N–H and O–H groups in total. The first-order chi connectivity index (χ1) is 9.58. The second-order valence-electron chi connectivity index (χ2n) is 5.53. The zero-order valence-corrected chi connectivity index (χ0v) is 12.1. The second-order valence-corrected chi connectivity index (χ2v) is 5.53. The monoisotopic (exact) mass is 281 g/mol. The fourth-order valence-electron chi connectivity index (χ4n) is 2.22. The minimum Gasteiger partial charge on any atom is -0.467 e. The van der Waals surface area contributed by atoms with E-state index >= 15 is 0 Å². The molecular formula is C14H23N3O3. The van der Waals surface area contributed by atoms with Crippen molar-refractivity contribution >= 4 is 6.03 Å². The third kappa shape index (κ3) is 4.25. The summed E-state index contributed by atoms with van der Waals surface area (Å²) in [6.45, 7) is 8.58. The van der Waals surface area contributed by atoms with Gasteiger partial charge < -0.3 is 19.8 Å². The van der Waals surface area contributed by atoms with Crippen LogP contribution in [-0.2, 0) is 11.3 Å². The molecule has 0 unspecified atom stereocenters. The first-order valence-electron chi connectivity index (χ1n) is 6.95. The van der Waals surface area contributed by atoms with E-state index in [1.807, 2.05) is 6.07 Å². The Hall–Kier alpha value is -1.53. The lowest BCUT2D eigenvalue weighted by atomic mass is 10.0. The quantitative estimate of drug-likeness (QED) is 0.851. The number of carbonyl (C=O) groups is 1. The number of furan rings is 1. The number of urea groups is 1. The van der Waals surface area contributed by atoms with Crippen LogP contribution in [-0.4, -0.2) is 49.3 Å². The van der Waals surface area contributed by atoms with E-state index in [9.17, 15) is 4.79 Å². The summed E-state index contributed by atoms with van der Waals surface area (Å²) in [4.78, 5) is 14.1. The molecule has 2 heterocycles. The van der Waals surface area contributed by atoms with Gasteiger partial charge in [-0.1, -0.05) is 0 Å². The molecule has 0 bridgehead atoms. The minimum atomic E-state index is -0.178. The van der Waals surface area contributed by atoms with Crippen LogP contribution in [0, 0.1) is 0 Å². The van der Waals surface area contributed by atoms with Gasteiger partial charge in [0.2, 0.25) is 0 Å². The summed E-state index contributed by atoms with van der Waals surface area (Å²) >= 11 is 0. The molecule has 1 saturated heterocycles. The van der Waals surface area contributed by atoms with Gasteiger partial charge in [-0.05, 0) is 26.0 Å². The van der Waals surface area contributed by atoms with Gasteiger partial charge in [-0.3, -0.25) is 4.90 Å². The number of hydrogen-bond acceptors (Lipinski definition) is 4. The molecule has 1 aromatic heterocycles. The van der Waals surface area contributed by atoms with Gasteiger partial charge in [0.15, 0.2) is 0 Å². The van der Waals surface area contributed by atoms with E-state index in [-0.39, 0.29) is 11.6 Å². The van der Waals surface area contributed by atoms with Crippen LogP contribution in [0.25, 0.3) is 0 Å². The summed E-state index contributed by atoms with van der Waals surface area (Å²) in [6.07, 6.45) is 1.59. The maximum atomic E-state index is 11.8. The molecule has 0 aliphatic carbocycles. The van der Waals surface area contributed by atoms with E-state index in [1.54, 1.807) is 12.3 Å². The first-order valence-corrected chi connectivity index (χ1v) is 6.95. The predicted octanol–water partition coefficient (Wildman–Crippen LogP) is 1.19. The van der Waals surface area contributed by atoms with Gasteiger partial charge in [-0.2, -0.15) is 0 Å². The van der Waals surface area contributed by atoms with Crippen LogP contribution in [0.5, 0.6) is 0 Å². The van der Waals surface area contributed by atoms with Crippen molar-refractivity contribution in [3.63, 3.8) is 0 Å². The van der Waals surface area contributed by atoms with E-state index in [0.29, 0.717) is 13.1 Å². The fraction of sp³-hybridized carbons (Fsp3) is 0.643. The Bertz CT molecular complexity index is 411. The number of ether oxygens (including phenoxy) is 1. The number of rotatable bonds is 5. The average Bonchev–Trinajstić information content (AvgIpc) is 2.97. The summed E-state index contributed by atoms with van der Waals surface area (Å²) in [6, 6.07) is 3.46. The molecule has 0 spiro atoms. The van der Waals surface area contributed by atoms with Gasteiger partial charge in [-0.15, -0.1) is 0 Å². The van der Waals surface area contributed by atoms with Crippen LogP contribution in [0.15, 0.2) is 22.8 Å². The number of carbonyl (C=O) groups excluding carboxylic acids is 1. The average molecular weight is 281 g/mol. The zero-order chi connectivity index (χ0) is 14.4. The van der Waals surface area contributed by atoms with E-state index in [0.717, 1.165) is 32.1 Å². The Balaban J connectivity index is 1.71. The van der Waals surface area contributed by atoms with Crippen molar-refractivity contribution in [3.8, 4) is 0 Å². The van der Waals surface area contributed by atoms with Gasteiger partial charge in [0.05, 0.1) is 26.0 Å². The van der Waals surface area contributed by atoms with E-state index in [2.05, 4.69) is 29.4 Å². The van der Waals surface area contributed by atoms with Crippen LogP contribution in [0.3, 0.4) is 0 Å². The molecule has 112 valence electrons. The SMILES string of the molecule is CC(C)(CNC(=O)NCc1ccco1)N1CCOCC1. The van der Waals surface area contributed by atoms with E-state index in [1.165, 1.54) is 0 Å². The smallest absolute Gasteiger partial charge is 0.315 e. The highest BCUT2D eigenvalue weighted by atomic mass is 16.5. The Kier molecular flexibility index (Phi) is 5.03. The van der Waals surface area contributed by atoms with Crippen LogP contribution < -0.4 is 10.6 Å². The molecule has 2 rings (SSSR count).